The van der Waals surface area contributed by atoms with Crippen LogP contribution in [0.3, 0.4) is 0 Å². The lowest BCUT2D eigenvalue weighted by Crippen LogP contribution is -2.13. The number of benzene rings is 2. The van der Waals surface area contributed by atoms with E-state index in [9.17, 15) is 9.59 Å². The molecule has 0 unspecified atom stereocenters. The van der Waals surface area contributed by atoms with E-state index in [2.05, 4.69) is 0 Å². The Kier molecular flexibility index (Phi) is 8.73. The number of aliphatic hydroxyl groups is 2. The van der Waals surface area contributed by atoms with Crippen LogP contribution in [-0.4, -0.2) is 42.2 Å². The van der Waals surface area contributed by atoms with Crippen molar-refractivity contribution < 1.29 is 29.3 Å². The third kappa shape index (κ3) is 7.21. The second-order valence-electron chi connectivity index (χ2n) is 4.16. The van der Waals surface area contributed by atoms with Crippen molar-refractivity contribution in [1.29, 1.82) is 0 Å². The van der Waals surface area contributed by atoms with Crippen molar-refractivity contribution in [3.05, 3.63) is 71.8 Å². The highest BCUT2D eigenvalue weighted by atomic mass is 16.7. The van der Waals surface area contributed by atoms with Crippen LogP contribution >= 0.6 is 0 Å². The van der Waals surface area contributed by atoms with E-state index in [0.29, 0.717) is 11.1 Å². The Labute approximate surface area is 133 Å². The number of hydrogen-bond acceptors (Lipinski definition) is 6. The highest BCUT2D eigenvalue weighted by Gasteiger charge is 2.09. The Morgan fingerprint density at radius 2 is 1.04 bits per heavy atom. The Morgan fingerprint density at radius 3 is 1.35 bits per heavy atom. The Bertz CT molecular complexity index is 529. The zero-order valence-corrected chi connectivity index (χ0v) is 12.4. The second kappa shape index (κ2) is 10.9. The first-order valence-corrected chi connectivity index (χ1v) is 6.85. The maximum absolute atomic E-state index is 11.5. The van der Waals surface area contributed by atoms with Crippen LogP contribution in [0.1, 0.15) is 20.7 Å². The molecule has 0 saturated heterocycles. The van der Waals surface area contributed by atoms with Gasteiger partial charge in [0.15, 0.2) is 0 Å². The van der Waals surface area contributed by atoms with Crippen molar-refractivity contribution in [3.8, 4) is 0 Å². The summed E-state index contributed by atoms with van der Waals surface area (Å²) in [5, 5.41) is 15.2. The first kappa shape index (κ1) is 18.3. The maximum Gasteiger partial charge on any atom is 0.340 e. The predicted octanol–water partition coefficient (Wildman–Crippen LogP) is 1.63. The Hall–Kier alpha value is -2.70. The summed E-state index contributed by atoms with van der Waals surface area (Å²) >= 11 is 0. The van der Waals surface area contributed by atoms with Crippen LogP contribution in [0.25, 0.3) is 0 Å². The van der Waals surface area contributed by atoms with Gasteiger partial charge in [-0.25, -0.2) is 9.59 Å². The molecule has 0 amide bonds. The van der Waals surface area contributed by atoms with Crippen LogP contribution in [0.15, 0.2) is 60.7 Å². The molecule has 0 aliphatic heterocycles. The van der Waals surface area contributed by atoms with Crippen molar-refractivity contribution >= 4 is 11.9 Å². The molecule has 0 fully saturated rings. The van der Waals surface area contributed by atoms with E-state index < -0.39 is 18.7 Å². The third-order valence-corrected chi connectivity index (χ3v) is 2.50. The number of hydrogen-bond donors (Lipinski definition) is 2. The van der Waals surface area contributed by atoms with Gasteiger partial charge in [0.25, 0.3) is 0 Å². The van der Waals surface area contributed by atoms with Gasteiger partial charge in [-0.3, -0.25) is 0 Å². The van der Waals surface area contributed by atoms with Gasteiger partial charge < -0.3 is 19.7 Å². The van der Waals surface area contributed by atoms with Crippen LogP contribution < -0.4 is 0 Å². The quantitative estimate of drug-likeness (QED) is 0.643. The molecule has 6 heteroatoms. The van der Waals surface area contributed by atoms with Crippen molar-refractivity contribution in [1.82, 2.24) is 0 Å². The second-order valence-corrected chi connectivity index (χ2v) is 4.16. The molecule has 2 aromatic rings. The number of rotatable bonds is 5. The van der Waals surface area contributed by atoms with Gasteiger partial charge in [-0.2, -0.15) is 0 Å². The van der Waals surface area contributed by atoms with Gasteiger partial charge in [0.1, 0.15) is 0 Å². The smallest absolute Gasteiger partial charge is 0.340 e. The standard InChI is InChI=1S/C15H12O4.C2H6O2/c16-14(12-7-3-1-4-8-12)18-11-19-15(17)13-9-5-2-6-10-13;3-1-2-4/h1-10H,11H2;3-4H,1-2H2. The molecule has 0 aliphatic rings. The van der Waals surface area contributed by atoms with Crippen LogP contribution in [0.4, 0.5) is 0 Å². The zero-order chi connectivity index (χ0) is 16.9. The molecule has 0 aromatic heterocycles. The molecule has 23 heavy (non-hydrogen) atoms. The molecule has 122 valence electrons. The van der Waals surface area contributed by atoms with Gasteiger partial charge in [-0.1, -0.05) is 36.4 Å². The van der Waals surface area contributed by atoms with Crippen molar-refractivity contribution in [2.45, 2.75) is 0 Å². The average Bonchev–Trinajstić information content (AvgIpc) is 2.63. The fraction of sp³-hybridized carbons (Fsp3) is 0.176. The van der Waals surface area contributed by atoms with Crippen molar-refractivity contribution in [2.24, 2.45) is 0 Å². The van der Waals surface area contributed by atoms with Gasteiger partial charge in [-0.05, 0) is 24.3 Å². The molecule has 0 aliphatic carbocycles. The van der Waals surface area contributed by atoms with Crippen molar-refractivity contribution in [3.63, 3.8) is 0 Å². The number of carbonyl (C=O) groups is 2. The molecule has 2 rings (SSSR count). The number of carbonyl (C=O) groups excluding carboxylic acids is 2. The summed E-state index contributed by atoms with van der Waals surface area (Å²) in [4.78, 5) is 23.1. The van der Waals surface area contributed by atoms with Crippen LogP contribution in [0.2, 0.25) is 0 Å². The summed E-state index contributed by atoms with van der Waals surface area (Å²) in [6.07, 6.45) is 0. The SMILES string of the molecule is O=C(OCOC(=O)c1ccccc1)c1ccccc1.OCCO. The number of ether oxygens (including phenoxy) is 2. The molecule has 0 spiro atoms. The molecule has 6 nitrogen and oxygen atoms in total. The van der Waals surface area contributed by atoms with Gasteiger partial charge in [0.2, 0.25) is 6.79 Å². The molecule has 0 heterocycles. The lowest BCUT2D eigenvalue weighted by atomic mass is 10.2. The monoisotopic (exact) mass is 318 g/mol. The summed E-state index contributed by atoms with van der Waals surface area (Å²) in [6.45, 7) is -0.651. The fourth-order valence-electron chi connectivity index (χ4n) is 1.45. The summed E-state index contributed by atoms with van der Waals surface area (Å²) in [6, 6.07) is 17.0. The summed E-state index contributed by atoms with van der Waals surface area (Å²) < 4.78 is 9.68. The Morgan fingerprint density at radius 1 is 0.696 bits per heavy atom. The van der Waals surface area contributed by atoms with Gasteiger partial charge in [-0.15, -0.1) is 0 Å². The minimum Gasteiger partial charge on any atom is -0.424 e. The molecule has 2 N–H and O–H groups in total. The lowest BCUT2D eigenvalue weighted by molar-refractivity contribution is -0.0167. The Balaban J connectivity index is 0.000000593. The van der Waals surface area contributed by atoms with Crippen LogP contribution in [0, 0.1) is 0 Å². The topological polar surface area (TPSA) is 93.1 Å². The van der Waals surface area contributed by atoms with E-state index in [4.69, 9.17) is 19.7 Å². The molecule has 0 saturated carbocycles. The van der Waals surface area contributed by atoms with Gasteiger partial charge in [0, 0.05) is 0 Å². The molecule has 0 radical (unpaired) electrons. The summed E-state index contributed by atoms with van der Waals surface area (Å²) in [7, 11) is 0. The average molecular weight is 318 g/mol. The highest BCUT2D eigenvalue weighted by molar-refractivity contribution is 5.90. The minimum atomic E-state index is -0.526. The summed E-state index contributed by atoms with van der Waals surface area (Å²) in [5.41, 5.74) is 0.830. The first-order valence-electron chi connectivity index (χ1n) is 6.85. The summed E-state index contributed by atoms with van der Waals surface area (Å²) in [5.74, 6) is -1.05. The highest BCUT2D eigenvalue weighted by Crippen LogP contribution is 2.03. The van der Waals surface area contributed by atoms with Crippen molar-refractivity contribution in [2.75, 3.05) is 20.0 Å². The van der Waals surface area contributed by atoms with Gasteiger partial charge in [0.05, 0.1) is 24.3 Å². The van der Waals surface area contributed by atoms with Crippen LogP contribution in [0.5, 0.6) is 0 Å². The fourth-order valence-corrected chi connectivity index (χ4v) is 1.45. The molecule has 2 aromatic carbocycles. The molecular formula is C17H18O6. The molecule has 0 atom stereocenters. The molecule has 0 bridgehead atoms. The van der Waals surface area contributed by atoms with Gasteiger partial charge >= 0.3 is 11.9 Å². The van der Waals surface area contributed by atoms with E-state index in [1.54, 1.807) is 60.7 Å². The maximum atomic E-state index is 11.5. The molecular weight excluding hydrogens is 300 g/mol. The predicted molar refractivity (Wildman–Crippen MR) is 82.8 cm³/mol. The first-order chi connectivity index (χ1) is 11.2. The number of aliphatic hydroxyl groups excluding tert-OH is 2. The van der Waals surface area contributed by atoms with E-state index in [0.717, 1.165) is 0 Å². The largest absolute Gasteiger partial charge is 0.424 e. The van der Waals surface area contributed by atoms with E-state index in [1.807, 2.05) is 0 Å². The zero-order valence-electron chi connectivity index (χ0n) is 12.4. The third-order valence-electron chi connectivity index (χ3n) is 2.50. The normalized spacial score (nSPS) is 9.30. The number of esters is 2. The van der Waals surface area contributed by atoms with E-state index in [-0.39, 0.29) is 13.2 Å². The minimum absolute atomic E-state index is 0.125. The van der Waals surface area contributed by atoms with E-state index in [1.165, 1.54) is 0 Å². The van der Waals surface area contributed by atoms with Crippen LogP contribution in [-0.2, 0) is 9.47 Å². The van der Waals surface area contributed by atoms with E-state index >= 15 is 0 Å². The lowest BCUT2D eigenvalue weighted by Gasteiger charge is -2.06.